The van der Waals surface area contributed by atoms with Gasteiger partial charge >= 0.3 is 6.18 Å². The Labute approximate surface area is 111 Å². The third-order valence-electron chi connectivity index (χ3n) is 2.77. The third-order valence-corrected chi connectivity index (χ3v) is 2.93. The van der Waals surface area contributed by atoms with Crippen molar-refractivity contribution in [1.82, 2.24) is 0 Å². The molecule has 0 radical (unpaired) electrons. The van der Waals surface area contributed by atoms with E-state index in [1.807, 2.05) is 20.8 Å². The van der Waals surface area contributed by atoms with Crippen molar-refractivity contribution in [3.63, 3.8) is 0 Å². The number of rotatable bonds is 4. The summed E-state index contributed by atoms with van der Waals surface area (Å²) in [5.41, 5.74) is 0.00707. The van der Waals surface area contributed by atoms with E-state index in [1.54, 1.807) is 6.07 Å². The fourth-order valence-corrected chi connectivity index (χ4v) is 2.66. The van der Waals surface area contributed by atoms with E-state index < -0.39 is 11.7 Å². The van der Waals surface area contributed by atoms with Gasteiger partial charge in [0.15, 0.2) is 0 Å². The molecule has 0 aliphatic carbocycles. The maximum absolute atomic E-state index is 12.6. The average molecular weight is 279 g/mol. The first-order chi connectivity index (χ1) is 8.10. The van der Waals surface area contributed by atoms with Crippen LogP contribution >= 0.6 is 11.6 Å². The van der Waals surface area contributed by atoms with E-state index in [9.17, 15) is 13.2 Å². The topological polar surface area (TPSA) is 0 Å². The molecule has 0 aliphatic rings. The molecule has 1 aromatic carbocycles. The first-order valence-electron chi connectivity index (χ1n) is 5.90. The summed E-state index contributed by atoms with van der Waals surface area (Å²) in [5.74, 6) is 0. The van der Waals surface area contributed by atoms with Gasteiger partial charge in [-0.15, -0.1) is 11.6 Å². The predicted octanol–water partition coefficient (Wildman–Crippen LogP) is 5.29. The lowest BCUT2D eigenvalue weighted by molar-refractivity contribution is -0.137. The highest BCUT2D eigenvalue weighted by Gasteiger charge is 2.31. The molecule has 1 aromatic rings. The van der Waals surface area contributed by atoms with Crippen molar-refractivity contribution in [3.8, 4) is 0 Å². The van der Waals surface area contributed by atoms with Crippen molar-refractivity contribution in [2.75, 3.05) is 0 Å². The maximum atomic E-state index is 12.6. The van der Waals surface area contributed by atoms with Crippen molar-refractivity contribution in [2.24, 2.45) is 5.41 Å². The molecule has 0 bridgehead atoms. The molecule has 18 heavy (non-hydrogen) atoms. The first kappa shape index (κ1) is 15.4. The number of benzene rings is 1. The SMILES string of the molecule is CC(Cl)CC(C)(C)Cc1cccc(C(F)(F)F)c1. The van der Waals surface area contributed by atoms with E-state index in [1.165, 1.54) is 12.1 Å². The molecule has 0 saturated heterocycles. The minimum absolute atomic E-state index is 0.0193. The number of hydrogen-bond acceptors (Lipinski definition) is 0. The maximum Gasteiger partial charge on any atom is 0.416 e. The second-order valence-electron chi connectivity index (χ2n) is 5.52. The van der Waals surface area contributed by atoms with Crippen LogP contribution in [0.1, 0.15) is 38.3 Å². The Kier molecular flexibility index (Phi) is 4.71. The summed E-state index contributed by atoms with van der Waals surface area (Å²) < 4.78 is 37.8. The number of halogens is 4. The Bertz CT molecular complexity index is 394. The Balaban J connectivity index is 2.85. The highest BCUT2D eigenvalue weighted by molar-refractivity contribution is 6.20. The summed E-state index contributed by atoms with van der Waals surface area (Å²) in [5, 5.41) is 0.0193. The zero-order valence-corrected chi connectivity index (χ0v) is 11.6. The lowest BCUT2D eigenvalue weighted by Gasteiger charge is -2.26. The molecule has 0 fully saturated rings. The largest absolute Gasteiger partial charge is 0.416 e. The smallest absolute Gasteiger partial charge is 0.166 e. The van der Waals surface area contributed by atoms with Gasteiger partial charge in [0, 0.05) is 5.38 Å². The summed E-state index contributed by atoms with van der Waals surface area (Å²) >= 11 is 5.95. The lowest BCUT2D eigenvalue weighted by Crippen LogP contribution is -2.19. The van der Waals surface area contributed by atoms with Gasteiger partial charge in [-0.1, -0.05) is 32.0 Å². The van der Waals surface area contributed by atoms with Gasteiger partial charge in [0.05, 0.1) is 5.56 Å². The van der Waals surface area contributed by atoms with Crippen LogP contribution in [0, 0.1) is 5.41 Å². The average Bonchev–Trinajstić information content (AvgIpc) is 2.13. The van der Waals surface area contributed by atoms with Gasteiger partial charge in [-0.2, -0.15) is 13.2 Å². The molecule has 1 unspecified atom stereocenters. The Hall–Kier alpha value is -0.700. The minimum atomic E-state index is -4.28. The van der Waals surface area contributed by atoms with Gasteiger partial charge in [0.2, 0.25) is 0 Å². The van der Waals surface area contributed by atoms with Crippen molar-refractivity contribution in [1.29, 1.82) is 0 Å². The Morgan fingerprint density at radius 3 is 2.33 bits per heavy atom. The van der Waals surface area contributed by atoms with Crippen molar-refractivity contribution in [2.45, 2.75) is 45.2 Å². The molecule has 1 atom stereocenters. The first-order valence-corrected chi connectivity index (χ1v) is 6.34. The van der Waals surface area contributed by atoms with Crippen LogP contribution in [-0.2, 0) is 12.6 Å². The summed E-state index contributed by atoms with van der Waals surface area (Å²) in [6.07, 6.45) is -2.92. The zero-order valence-electron chi connectivity index (χ0n) is 10.8. The van der Waals surface area contributed by atoms with Crippen molar-refractivity contribution < 1.29 is 13.2 Å². The molecule has 4 heteroatoms. The van der Waals surface area contributed by atoms with Crippen LogP contribution in [0.3, 0.4) is 0 Å². The fraction of sp³-hybridized carbons (Fsp3) is 0.571. The zero-order chi connectivity index (χ0) is 14.0. The summed E-state index contributed by atoms with van der Waals surface area (Å²) in [4.78, 5) is 0. The van der Waals surface area contributed by atoms with E-state index in [0.29, 0.717) is 12.0 Å². The Morgan fingerprint density at radius 2 is 1.83 bits per heavy atom. The van der Waals surface area contributed by atoms with Crippen LogP contribution in [0.2, 0.25) is 0 Å². The van der Waals surface area contributed by atoms with Gasteiger partial charge in [-0.25, -0.2) is 0 Å². The van der Waals surface area contributed by atoms with E-state index >= 15 is 0 Å². The van der Waals surface area contributed by atoms with Crippen LogP contribution in [-0.4, -0.2) is 5.38 Å². The van der Waals surface area contributed by atoms with Crippen LogP contribution in [0.25, 0.3) is 0 Å². The molecule has 0 aliphatic heterocycles. The quantitative estimate of drug-likeness (QED) is 0.656. The summed E-state index contributed by atoms with van der Waals surface area (Å²) in [7, 11) is 0. The predicted molar refractivity (Wildman–Crippen MR) is 68.9 cm³/mol. The second kappa shape index (κ2) is 5.52. The lowest BCUT2D eigenvalue weighted by atomic mass is 9.81. The summed E-state index contributed by atoms with van der Waals surface area (Å²) in [6.45, 7) is 5.94. The molecule has 1 rings (SSSR count). The van der Waals surface area contributed by atoms with Gasteiger partial charge in [0.1, 0.15) is 0 Å². The fourth-order valence-electron chi connectivity index (χ4n) is 2.24. The molecule has 0 heterocycles. The van der Waals surface area contributed by atoms with Crippen LogP contribution in [0.15, 0.2) is 24.3 Å². The van der Waals surface area contributed by atoms with E-state index in [4.69, 9.17) is 11.6 Å². The molecular weight excluding hydrogens is 261 g/mol. The number of alkyl halides is 4. The molecule has 102 valence electrons. The van der Waals surface area contributed by atoms with Crippen LogP contribution in [0.4, 0.5) is 13.2 Å². The number of hydrogen-bond donors (Lipinski definition) is 0. The minimum Gasteiger partial charge on any atom is -0.166 e. The van der Waals surface area contributed by atoms with Gasteiger partial charge in [-0.3, -0.25) is 0 Å². The van der Waals surface area contributed by atoms with Gasteiger partial charge in [0.25, 0.3) is 0 Å². The third kappa shape index (κ3) is 4.89. The van der Waals surface area contributed by atoms with Crippen molar-refractivity contribution in [3.05, 3.63) is 35.4 Å². The molecular formula is C14H18ClF3. The van der Waals surface area contributed by atoms with E-state index in [0.717, 1.165) is 12.5 Å². The molecule has 0 saturated carbocycles. The van der Waals surface area contributed by atoms with Gasteiger partial charge in [-0.05, 0) is 36.8 Å². The molecule has 0 N–H and O–H groups in total. The Morgan fingerprint density at radius 1 is 1.22 bits per heavy atom. The highest BCUT2D eigenvalue weighted by Crippen LogP contribution is 2.33. The second-order valence-corrected chi connectivity index (χ2v) is 6.27. The molecule has 0 nitrogen and oxygen atoms in total. The van der Waals surface area contributed by atoms with Crippen molar-refractivity contribution >= 4 is 11.6 Å². The molecule has 0 amide bonds. The summed E-state index contributed by atoms with van der Waals surface area (Å²) in [6, 6.07) is 5.51. The monoisotopic (exact) mass is 278 g/mol. The van der Waals surface area contributed by atoms with E-state index in [2.05, 4.69) is 0 Å². The van der Waals surface area contributed by atoms with E-state index in [-0.39, 0.29) is 10.8 Å². The van der Waals surface area contributed by atoms with Crippen LogP contribution < -0.4 is 0 Å². The van der Waals surface area contributed by atoms with Gasteiger partial charge < -0.3 is 0 Å². The molecule has 0 spiro atoms. The standard InChI is InChI=1S/C14H18ClF3/c1-10(15)8-13(2,3)9-11-5-4-6-12(7-11)14(16,17)18/h4-7,10H,8-9H2,1-3H3. The van der Waals surface area contributed by atoms with Crippen LogP contribution in [0.5, 0.6) is 0 Å². The molecule has 0 aromatic heterocycles. The highest BCUT2D eigenvalue weighted by atomic mass is 35.5. The normalized spacial score (nSPS) is 14.6.